The molecule has 0 saturated carbocycles. The average Bonchev–Trinajstić information content (AvgIpc) is 2.79. The number of likely N-dealkylation sites (tertiary alicyclic amines) is 1. The van der Waals surface area contributed by atoms with Crippen LogP contribution in [0, 0.1) is 0 Å². The van der Waals surface area contributed by atoms with Gasteiger partial charge in [-0.25, -0.2) is 0 Å². The van der Waals surface area contributed by atoms with E-state index in [1.54, 1.807) is 7.11 Å². The van der Waals surface area contributed by atoms with Crippen LogP contribution in [0.5, 0.6) is 5.75 Å². The van der Waals surface area contributed by atoms with Crippen molar-refractivity contribution >= 4 is 17.5 Å². The van der Waals surface area contributed by atoms with E-state index in [-0.39, 0.29) is 17.9 Å². The number of nitrogens with zero attached hydrogens (tertiary/aromatic N) is 2. The molecule has 0 radical (unpaired) electrons. The number of piperidine rings is 1. The minimum absolute atomic E-state index is 0.0560. The van der Waals surface area contributed by atoms with Crippen LogP contribution in [-0.2, 0) is 11.2 Å². The van der Waals surface area contributed by atoms with Gasteiger partial charge < -0.3 is 19.9 Å². The molecular weight excluding hydrogens is 378 g/mol. The average molecular weight is 410 g/mol. The molecular formula is C24H31N3O3. The summed E-state index contributed by atoms with van der Waals surface area (Å²) in [5, 5.41) is 3.11. The SMILES string of the molecule is CCN(C)c1ccc(C(=O)NC2CCN(C(=O)Cc3ccccc3OC)CC2)cc1. The summed E-state index contributed by atoms with van der Waals surface area (Å²) in [5.41, 5.74) is 2.66. The second-order valence-corrected chi connectivity index (χ2v) is 7.68. The third-order valence-electron chi connectivity index (χ3n) is 5.76. The molecule has 1 aliphatic heterocycles. The molecule has 0 unspecified atom stereocenters. The summed E-state index contributed by atoms with van der Waals surface area (Å²) in [6.07, 6.45) is 1.86. The zero-order valence-electron chi connectivity index (χ0n) is 18.1. The van der Waals surface area contributed by atoms with Crippen LogP contribution in [0.2, 0.25) is 0 Å². The molecule has 1 saturated heterocycles. The maximum atomic E-state index is 12.7. The van der Waals surface area contributed by atoms with Gasteiger partial charge in [0.05, 0.1) is 13.5 Å². The van der Waals surface area contributed by atoms with Gasteiger partial charge in [-0.1, -0.05) is 18.2 Å². The van der Waals surface area contributed by atoms with Crippen LogP contribution in [0.4, 0.5) is 5.69 Å². The molecule has 0 bridgehead atoms. The Hall–Kier alpha value is -3.02. The van der Waals surface area contributed by atoms with Gasteiger partial charge in [0.1, 0.15) is 5.75 Å². The fraction of sp³-hybridized carbons (Fsp3) is 0.417. The quantitative estimate of drug-likeness (QED) is 0.763. The fourth-order valence-electron chi connectivity index (χ4n) is 3.72. The van der Waals surface area contributed by atoms with E-state index >= 15 is 0 Å². The van der Waals surface area contributed by atoms with Crippen LogP contribution in [0.15, 0.2) is 48.5 Å². The molecule has 160 valence electrons. The van der Waals surface area contributed by atoms with Crippen LogP contribution in [0.3, 0.4) is 0 Å². The van der Waals surface area contributed by atoms with E-state index in [2.05, 4.69) is 17.1 Å². The normalized spacial score (nSPS) is 14.3. The van der Waals surface area contributed by atoms with Gasteiger partial charge >= 0.3 is 0 Å². The van der Waals surface area contributed by atoms with Crippen molar-refractivity contribution in [2.45, 2.75) is 32.2 Å². The number of carbonyl (C=O) groups is 2. The van der Waals surface area contributed by atoms with Gasteiger partial charge in [-0.05, 0) is 50.1 Å². The first-order chi connectivity index (χ1) is 14.5. The van der Waals surface area contributed by atoms with Crippen molar-refractivity contribution in [3.05, 3.63) is 59.7 Å². The smallest absolute Gasteiger partial charge is 0.251 e. The summed E-state index contributed by atoms with van der Waals surface area (Å²) in [4.78, 5) is 29.3. The molecule has 0 aliphatic carbocycles. The summed E-state index contributed by atoms with van der Waals surface area (Å²) in [5.74, 6) is 0.781. The van der Waals surface area contributed by atoms with Crippen LogP contribution in [0.25, 0.3) is 0 Å². The van der Waals surface area contributed by atoms with E-state index in [0.717, 1.165) is 36.4 Å². The lowest BCUT2D eigenvalue weighted by molar-refractivity contribution is -0.131. The predicted octanol–water partition coefficient (Wildman–Crippen LogP) is 3.11. The van der Waals surface area contributed by atoms with Gasteiger partial charge in [0.25, 0.3) is 5.91 Å². The summed E-state index contributed by atoms with van der Waals surface area (Å²) >= 11 is 0. The van der Waals surface area contributed by atoms with Gasteiger partial charge in [0, 0.05) is 49.5 Å². The number of hydrogen-bond acceptors (Lipinski definition) is 4. The van der Waals surface area contributed by atoms with E-state index in [1.807, 2.05) is 60.5 Å². The second-order valence-electron chi connectivity index (χ2n) is 7.68. The minimum Gasteiger partial charge on any atom is -0.496 e. The Labute approximate surface area is 178 Å². The van der Waals surface area contributed by atoms with Crippen LogP contribution in [-0.4, -0.2) is 56.5 Å². The molecule has 0 atom stereocenters. The van der Waals surface area contributed by atoms with Gasteiger partial charge in [-0.2, -0.15) is 0 Å². The second kappa shape index (κ2) is 10.1. The van der Waals surface area contributed by atoms with Gasteiger partial charge in [0.2, 0.25) is 5.91 Å². The number of methoxy groups -OCH3 is 1. The molecule has 2 amide bonds. The van der Waals surface area contributed by atoms with Crippen molar-refractivity contribution in [2.24, 2.45) is 0 Å². The lowest BCUT2D eigenvalue weighted by atomic mass is 10.0. The molecule has 1 N–H and O–H groups in total. The fourth-order valence-corrected chi connectivity index (χ4v) is 3.72. The highest BCUT2D eigenvalue weighted by Crippen LogP contribution is 2.20. The number of benzene rings is 2. The Kier molecular flexibility index (Phi) is 7.33. The van der Waals surface area contributed by atoms with Crippen molar-refractivity contribution in [1.82, 2.24) is 10.2 Å². The first-order valence-electron chi connectivity index (χ1n) is 10.5. The Morgan fingerprint density at radius 2 is 1.77 bits per heavy atom. The molecule has 2 aromatic carbocycles. The van der Waals surface area contributed by atoms with E-state index in [9.17, 15) is 9.59 Å². The van der Waals surface area contributed by atoms with Crippen LogP contribution in [0.1, 0.15) is 35.7 Å². The molecule has 1 aliphatic rings. The first-order valence-corrected chi connectivity index (χ1v) is 10.5. The standard InChI is InChI=1S/C24H31N3O3/c1-4-26(2)21-11-9-18(10-12-21)24(29)25-20-13-15-27(16-14-20)23(28)17-19-7-5-6-8-22(19)30-3/h5-12,20H,4,13-17H2,1-3H3,(H,25,29). The maximum absolute atomic E-state index is 12.7. The molecule has 1 heterocycles. The number of hydrogen-bond donors (Lipinski definition) is 1. The topological polar surface area (TPSA) is 61.9 Å². The minimum atomic E-state index is -0.0560. The molecule has 0 spiro atoms. The first kappa shape index (κ1) is 21.7. The van der Waals surface area contributed by atoms with E-state index in [0.29, 0.717) is 25.1 Å². The van der Waals surface area contributed by atoms with Gasteiger partial charge in [0.15, 0.2) is 0 Å². The van der Waals surface area contributed by atoms with E-state index in [4.69, 9.17) is 4.74 Å². The van der Waals surface area contributed by atoms with Crippen LogP contribution < -0.4 is 15.0 Å². The lowest BCUT2D eigenvalue weighted by Crippen LogP contribution is -2.47. The Bertz CT molecular complexity index is 858. The zero-order valence-corrected chi connectivity index (χ0v) is 18.1. The summed E-state index contributed by atoms with van der Waals surface area (Å²) in [6, 6.07) is 15.4. The number of carbonyl (C=O) groups excluding carboxylic acids is 2. The molecule has 30 heavy (non-hydrogen) atoms. The molecule has 6 nitrogen and oxygen atoms in total. The molecule has 1 fully saturated rings. The third-order valence-corrected chi connectivity index (χ3v) is 5.76. The number of nitrogens with one attached hydrogen (secondary N) is 1. The maximum Gasteiger partial charge on any atom is 0.251 e. The van der Waals surface area contributed by atoms with Crippen LogP contribution >= 0.6 is 0 Å². The monoisotopic (exact) mass is 409 g/mol. The molecule has 3 rings (SSSR count). The number of amides is 2. The summed E-state index contributed by atoms with van der Waals surface area (Å²) in [7, 11) is 3.64. The number of ether oxygens (including phenoxy) is 1. The zero-order chi connectivity index (χ0) is 21.5. The third kappa shape index (κ3) is 5.32. The van der Waals surface area contributed by atoms with Crippen molar-refractivity contribution in [2.75, 3.05) is 38.7 Å². The summed E-state index contributed by atoms with van der Waals surface area (Å²) in [6.45, 7) is 4.31. The van der Waals surface area contributed by atoms with Crippen molar-refractivity contribution in [1.29, 1.82) is 0 Å². The van der Waals surface area contributed by atoms with Crippen molar-refractivity contribution < 1.29 is 14.3 Å². The lowest BCUT2D eigenvalue weighted by Gasteiger charge is -2.32. The van der Waals surface area contributed by atoms with E-state index < -0.39 is 0 Å². The van der Waals surface area contributed by atoms with E-state index in [1.165, 1.54) is 0 Å². The van der Waals surface area contributed by atoms with Crippen molar-refractivity contribution in [3.63, 3.8) is 0 Å². The number of anilines is 1. The van der Waals surface area contributed by atoms with Gasteiger partial charge in [-0.15, -0.1) is 0 Å². The summed E-state index contributed by atoms with van der Waals surface area (Å²) < 4.78 is 5.34. The Morgan fingerprint density at radius 3 is 2.40 bits per heavy atom. The number of para-hydroxylation sites is 1. The predicted molar refractivity (Wildman–Crippen MR) is 119 cm³/mol. The Morgan fingerprint density at radius 1 is 1.10 bits per heavy atom. The molecule has 6 heteroatoms. The van der Waals surface area contributed by atoms with Gasteiger partial charge in [-0.3, -0.25) is 9.59 Å². The highest BCUT2D eigenvalue weighted by molar-refractivity contribution is 5.94. The largest absolute Gasteiger partial charge is 0.496 e. The highest BCUT2D eigenvalue weighted by Gasteiger charge is 2.24. The number of rotatable bonds is 7. The highest BCUT2D eigenvalue weighted by atomic mass is 16.5. The Balaban J connectivity index is 1.49. The molecule has 0 aromatic heterocycles. The molecule has 2 aromatic rings. The van der Waals surface area contributed by atoms with Crippen molar-refractivity contribution in [3.8, 4) is 5.75 Å².